The van der Waals surface area contributed by atoms with Crippen molar-refractivity contribution in [1.82, 2.24) is 9.29 Å². The molecule has 0 amide bonds. The number of nitrogens with one attached hydrogen (secondary N) is 1. The van der Waals surface area contributed by atoms with E-state index in [4.69, 9.17) is 5.11 Å². The van der Waals surface area contributed by atoms with Crippen LogP contribution in [0.4, 0.5) is 0 Å². The van der Waals surface area contributed by atoms with E-state index in [0.29, 0.717) is 6.54 Å². The monoisotopic (exact) mass is 314 g/mol. The molecule has 0 spiro atoms. The number of carbonyl (C=O) groups is 1. The van der Waals surface area contributed by atoms with E-state index in [2.05, 4.69) is 4.98 Å². The quantitative estimate of drug-likeness (QED) is 0.853. The van der Waals surface area contributed by atoms with Gasteiger partial charge in [0.2, 0.25) is 10.0 Å². The van der Waals surface area contributed by atoms with Crippen molar-refractivity contribution in [3.8, 4) is 0 Å². The van der Waals surface area contributed by atoms with Gasteiger partial charge in [-0.25, -0.2) is 13.2 Å². The summed E-state index contributed by atoms with van der Waals surface area (Å²) >= 11 is 1.48. The Morgan fingerprint density at radius 2 is 2.25 bits per heavy atom. The Hall–Kier alpha value is -1.64. The van der Waals surface area contributed by atoms with E-state index in [1.54, 1.807) is 6.92 Å². The van der Waals surface area contributed by atoms with E-state index in [1.807, 2.05) is 17.5 Å². The van der Waals surface area contributed by atoms with Gasteiger partial charge in [0.25, 0.3) is 0 Å². The van der Waals surface area contributed by atoms with Crippen LogP contribution in [0.1, 0.15) is 22.3 Å². The smallest absolute Gasteiger partial charge is 0.352 e. The standard InChI is InChI=1S/C12H14N2O4S2/c1-2-14(8-9-4-3-5-19-9)20(17,18)10-6-11(12(15)16)13-7-10/h3-7,13H,2,8H2,1H3,(H,15,16). The molecule has 0 aliphatic heterocycles. The molecule has 0 saturated carbocycles. The summed E-state index contributed by atoms with van der Waals surface area (Å²) in [5.41, 5.74) is -0.143. The Morgan fingerprint density at radius 3 is 2.75 bits per heavy atom. The van der Waals surface area contributed by atoms with Crippen molar-refractivity contribution in [2.75, 3.05) is 6.54 Å². The van der Waals surface area contributed by atoms with Crippen LogP contribution in [-0.2, 0) is 16.6 Å². The third kappa shape index (κ3) is 2.92. The first kappa shape index (κ1) is 14.8. The van der Waals surface area contributed by atoms with E-state index < -0.39 is 16.0 Å². The average Bonchev–Trinajstić information content (AvgIpc) is 3.06. The fourth-order valence-corrected chi connectivity index (χ4v) is 3.96. The molecule has 0 atom stereocenters. The number of hydrogen-bond acceptors (Lipinski definition) is 4. The molecule has 20 heavy (non-hydrogen) atoms. The lowest BCUT2D eigenvalue weighted by atomic mass is 10.4. The second-order valence-corrected chi connectivity index (χ2v) is 7.03. The number of carboxylic acids is 1. The van der Waals surface area contributed by atoms with E-state index in [0.717, 1.165) is 10.9 Å². The molecule has 2 rings (SSSR count). The van der Waals surface area contributed by atoms with Crippen LogP contribution >= 0.6 is 11.3 Å². The zero-order valence-electron chi connectivity index (χ0n) is 10.7. The summed E-state index contributed by atoms with van der Waals surface area (Å²) in [5.74, 6) is -1.19. The van der Waals surface area contributed by atoms with Crippen molar-refractivity contribution in [2.24, 2.45) is 0 Å². The van der Waals surface area contributed by atoms with Gasteiger partial charge < -0.3 is 10.1 Å². The topological polar surface area (TPSA) is 90.5 Å². The van der Waals surface area contributed by atoms with Gasteiger partial charge in [-0.05, 0) is 17.5 Å². The van der Waals surface area contributed by atoms with Crippen LogP contribution in [0.15, 0.2) is 34.7 Å². The first-order valence-corrected chi connectivity index (χ1v) is 8.21. The molecule has 0 aromatic carbocycles. The molecule has 2 aromatic heterocycles. The number of aromatic carboxylic acids is 1. The highest BCUT2D eigenvalue weighted by molar-refractivity contribution is 7.89. The Morgan fingerprint density at radius 1 is 1.50 bits per heavy atom. The minimum absolute atomic E-state index is 0.0340. The van der Waals surface area contributed by atoms with Gasteiger partial charge in [0, 0.05) is 24.2 Å². The highest BCUT2D eigenvalue weighted by Gasteiger charge is 2.25. The predicted molar refractivity (Wildman–Crippen MR) is 75.3 cm³/mol. The molecule has 2 N–H and O–H groups in total. The van der Waals surface area contributed by atoms with Crippen LogP contribution in [0, 0.1) is 0 Å². The van der Waals surface area contributed by atoms with Gasteiger partial charge >= 0.3 is 5.97 Å². The van der Waals surface area contributed by atoms with Crippen LogP contribution < -0.4 is 0 Å². The molecule has 108 valence electrons. The lowest BCUT2D eigenvalue weighted by molar-refractivity contribution is 0.0691. The van der Waals surface area contributed by atoms with Gasteiger partial charge in [-0.3, -0.25) is 0 Å². The summed E-state index contributed by atoms with van der Waals surface area (Å²) in [6, 6.07) is 4.86. The van der Waals surface area contributed by atoms with Crippen LogP contribution in [0.3, 0.4) is 0 Å². The fraction of sp³-hybridized carbons (Fsp3) is 0.250. The molecular formula is C12H14N2O4S2. The zero-order chi connectivity index (χ0) is 14.8. The number of carboxylic acid groups (broad SMARTS) is 1. The second kappa shape index (κ2) is 5.78. The van der Waals surface area contributed by atoms with Gasteiger partial charge in [0.05, 0.1) is 0 Å². The minimum Gasteiger partial charge on any atom is -0.477 e. The minimum atomic E-state index is -3.69. The highest BCUT2D eigenvalue weighted by atomic mass is 32.2. The lowest BCUT2D eigenvalue weighted by Crippen LogP contribution is -2.29. The molecule has 0 aliphatic rings. The molecule has 6 nitrogen and oxygen atoms in total. The van der Waals surface area contributed by atoms with Crippen molar-refractivity contribution in [2.45, 2.75) is 18.4 Å². The summed E-state index contributed by atoms with van der Waals surface area (Å²) in [6.07, 6.45) is 1.20. The SMILES string of the molecule is CCN(Cc1cccs1)S(=O)(=O)c1c[nH]c(C(=O)O)c1. The van der Waals surface area contributed by atoms with Crippen LogP contribution in [0.5, 0.6) is 0 Å². The van der Waals surface area contributed by atoms with Gasteiger partial charge in [0.1, 0.15) is 10.6 Å². The molecule has 2 heterocycles. The van der Waals surface area contributed by atoms with Gasteiger partial charge in [-0.1, -0.05) is 13.0 Å². The summed E-state index contributed by atoms with van der Waals surface area (Å²) in [5, 5.41) is 10.7. The first-order chi connectivity index (χ1) is 9.45. The maximum Gasteiger partial charge on any atom is 0.352 e. The lowest BCUT2D eigenvalue weighted by Gasteiger charge is -2.18. The molecule has 0 fully saturated rings. The summed E-state index contributed by atoms with van der Waals surface area (Å²) < 4.78 is 26.2. The molecule has 8 heteroatoms. The van der Waals surface area contributed by atoms with E-state index in [9.17, 15) is 13.2 Å². The summed E-state index contributed by atoms with van der Waals surface area (Å²) in [4.78, 5) is 14.1. The van der Waals surface area contributed by atoms with Gasteiger partial charge in [0.15, 0.2) is 0 Å². The van der Waals surface area contributed by atoms with E-state index in [1.165, 1.54) is 21.8 Å². The van der Waals surface area contributed by atoms with Crippen molar-refractivity contribution in [3.05, 3.63) is 40.3 Å². The van der Waals surface area contributed by atoms with Crippen molar-refractivity contribution in [3.63, 3.8) is 0 Å². The fourth-order valence-electron chi connectivity index (χ4n) is 1.74. The molecule has 0 saturated heterocycles. The zero-order valence-corrected chi connectivity index (χ0v) is 12.4. The van der Waals surface area contributed by atoms with E-state index >= 15 is 0 Å². The number of nitrogens with zero attached hydrogens (tertiary/aromatic N) is 1. The van der Waals surface area contributed by atoms with Crippen molar-refractivity contribution < 1.29 is 18.3 Å². The van der Waals surface area contributed by atoms with Crippen LogP contribution in [0.25, 0.3) is 0 Å². The summed E-state index contributed by atoms with van der Waals surface area (Å²) in [6.45, 7) is 2.34. The molecule has 0 unspecified atom stereocenters. The second-order valence-electron chi connectivity index (χ2n) is 4.06. The van der Waals surface area contributed by atoms with Crippen LogP contribution in [0.2, 0.25) is 0 Å². The highest BCUT2D eigenvalue weighted by Crippen LogP contribution is 2.20. The maximum atomic E-state index is 12.4. The van der Waals surface area contributed by atoms with Crippen molar-refractivity contribution in [1.29, 1.82) is 0 Å². The molecule has 0 bridgehead atoms. The largest absolute Gasteiger partial charge is 0.477 e. The van der Waals surface area contributed by atoms with Crippen LogP contribution in [-0.4, -0.2) is 35.3 Å². The summed E-state index contributed by atoms with van der Waals surface area (Å²) in [7, 11) is -3.69. The number of hydrogen-bond donors (Lipinski definition) is 2. The number of thiophene rings is 1. The van der Waals surface area contributed by atoms with Gasteiger partial charge in [-0.2, -0.15) is 4.31 Å². The number of aromatic nitrogens is 1. The third-order valence-corrected chi connectivity index (χ3v) is 5.55. The first-order valence-electron chi connectivity index (χ1n) is 5.89. The number of H-pyrrole nitrogens is 1. The molecule has 0 radical (unpaired) electrons. The normalized spacial score (nSPS) is 11.9. The maximum absolute atomic E-state index is 12.4. The molecule has 0 aliphatic carbocycles. The Kier molecular flexibility index (Phi) is 4.26. The molecule has 2 aromatic rings. The number of sulfonamides is 1. The third-order valence-electron chi connectivity index (χ3n) is 2.79. The van der Waals surface area contributed by atoms with Crippen molar-refractivity contribution >= 4 is 27.3 Å². The molecular weight excluding hydrogens is 300 g/mol. The Balaban J connectivity index is 2.28. The number of aromatic amines is 1. The van der Waals surface area contributed by atoms with Gasteiger partial charge in [-0.15, -0.1) is 11.3 Å². The Labute approximate surface area is 120 Å². The Bertz CT molecular complexity index is 689. The average molecular weight is 314 g/mol. The number of rotatable bonds is 6. The predicted octanol–water partition coefficient (Wildman–Crippen LogP) is 1.99. The van der Waals surface area contributed by atoms with E-state index in [-0.39, 0.29) is 17.1 Å².